The van der Waals surface area contributed by atoms with Crippen LogP contribution in [0.15, 0.2) is 43.7 Å². The molecule has 10 N–H and O–H groups in total. The van der Waals surface area contributed by atoms with E-state index in [1.54, 1.807) is 0 Å². The molecule has 0 amide bonds. The molecular weight excluding hydrogens is 1390 g/mol. The van der Waals surface area contributed by atoms with Crippen molar-refractivity contribution in [3.05, 3.63) is 66.2 Å². The minimum Gasteiger partial charge on any atom is -0.387 e. The summed E-state index contributed by atoms with van der Waals surface area (Å²) in [5, 5.41) is 40.7. The van der Waals surface area contributed by atoms with Crippen LogP contribution in [0.25, 0.3) is 0 Å². The molecule has 2 saturated heterocycles. The first-order chi connectivity index (χ1) is 47.6. The van der Waals surface area contributed by atoms with Crippen LogP contribution < -0.4 is 22.5 Å². The van der Waals surface area contributed by atoms with E-state index in [0.29, 0.717) is 9.13 Å². The molecule has 30 nitrogen and oxygen atoms in total. The maximum absolute atomic E-state index is 12.2. The molecule has 3 radical (unpaired) electrons. The fourth-order valence-electron chi connectivity index (χ4n) is 10.1. The maximum atomic E-state index is 12.2. The van der Waals surface area contributed by atoms with Crippen LogP contribution in [0.2, 0.25) is 0 Å². The highest BCUT2D eigenvalue weighted by Crippen LogP contribution is 2.70. The monoisotopic (exact) mass is 1530 g/mol. The summed E-state index contributed by atoms with van der Waals surface area (Å²) in [6, 6.07) is 1.80. The van der Waals surface area contributed by atoms with Gasteiger partial charge in [-0.15, -0.1) is 0 Å². The Labute approximate surface area is 606 Å². The summed E-state index contributed by atoms with van der Waals surface area (Å²) >= 11 is 0. The van der Waals surface area contributed by atoms with Crippen LogP contribution in [-0.2, 0) is 45.1 Å². The number of hydrogen-bond acceptors (Lipinski definition) is 23. The summed E-state index contributed by atoms with van der Waals surface area (Å²) in [5.74, 6) is 0. The minimum absolute atomic E-state index is 0. The van der Waals surface area contributed by atoms with Gasteiger partial charge in [0.05, 0.1) is 13.2 Å². The van der Waals surface area contributed by atoms with E-state index in [-0.39, 0.29) is 8.41 Å². The van der Waals surface area contributed by atoms with Crippen LogP contribution in [0.1, 0.15) is 250 Å². The normalized spacial score (nSPS) is 20.9. The summed E-state index contributed by atoms with van der Waals surface area (Å²) in [6.07, 6.45) is 20.5. The SMILES string of the molecule is CCCCN(CCCC)CCCC.CCCCN(CCCC)CCCC.CCCCN(CCCC)CCCC.CCCCN(CCCC)CCCC.O=c1ccn([C@@H]2O[C@H](CO[P@@](O)OP(=O)(O)OP(=O)(O)OP(=O)(O)OC[C@H]3O[C@@H](n4ccc(=O)[nH]c4=O)[C@H](O)[C@@H]3O)[C@@H](O)[C@H]2O)c(=O)[nH]1.[B]. The number of nitrogens with zero attached hydrogens (tertiary/aromatic N) is 6. The van der Waals surface area contributed by atoms with Gasteiger partial charge in [0.1, 0.15) is 36.6 Å². The Morgan fingerprint density at radius 1 is 0.416 bits per heavy atom. The fraction of sp³-hybridized carbons (Fsp3) is 0.879. The Balaban J connectivity index is 0. The number of aliphatic hydroxyl groups excluding tert-OH is 4. The summed E-state index contributed by atoms with van der Waals surface area (Å²) in [6.45, 7) is 41.0. The molecule has 101 heavy (non-hydrogen) atoms. The molecular formula is C66H134BN8O22P4. The number of ether oxygens (including phenoxy) is 2. The van der Waals surface area contributed by atoms with Crippen LogP contribution in [0.3, 0.4) is 0 Å². The molecule has 2 aromatic heterocycles. The zero-order valence-electron chi connectivity index (χ0n) is 63.1. The van der Waals surface area contributed by atoms with Gasteiger partial charge in [-0.3, -0.25) is 33.2 Å². The lowest BCUT2D eigenvalue weighted by Gasteiger charge is -2.21. The lowest BCUT2D eigenvalue weighted by Crippen LogP contribution is -2.37. The first-order valence-corrected chi connectivity index (χ1v) is 42.6. The van der Waals surface area contributed by atoms with Crippen molar-refractivity contribution in [1.82, 2.24) is 38.7 Å². The van der Waals surface area contributed by atoms with Crippen LogP contribution >= 0.6 is 32.1 Å². The molecule has 2 aliphatic heterocycles. The molecule has 35 heteroatoms. The second kappa shape index (κ2) is 59.8. The van der Waals surface area contributed by atoms with Gasteiger partial charge in [0.25, 0.3) is 11.1 Å². The molecule has 2 aliphatic rings. The third-order valence-corrected chi connectivity index (χ3v) is 21.7. The highest BCUT2D eigenvalue weighted by Gasteiger charge is 2.49. The molecule has 593 valence electrons. The van der Waals surface area contributed by atoms with Crippen molar-refractivity contribution in [2.24, 2.45) is 0 Å². The molecule has 2 fully saturated rings. The lowest BCUT2D eigenvalue weighted by atomic mass is 10.1. The molecule has 4 heterocycles. The largest absolute Gasteiger partial charge is 0.490 e. The van der Waals surface area contributed by atoms with Gasteiger partial charge in [-0.1, -0.05) is 160 Å². The van der Waals surface area contributed by atoms with Crippen LogP contribution in [-0.4, -0.2) is 215 Å². The van der Waals surface area contributed by atoms with Crippen molar-refractivity contribution in [3.63, 3.8) is 0 Å². The van der Waals surface area contributed by atoms with Gasteiger partial charge in [-0.05, 0) is 156 Å². The average molecular weight is 1530 g/mol. The van der Waals surface area contributed by atoms with E-state index >= 15 is 0 Å². The van der Waals surface area contributed by atoms with E-state index in [0.717, 1.165) is 24.5 Å². The number of H-pyrrole nitrogens is 2. The van der Waals surface area contributed by atoms with Crippen molar-refractivity contribution in [3.8, 4) is 0 Å². The Morgan fingerprint density at radius 2 is 0.663 bits per heavy atom. The Hall–Kier alpha value is -2.22. The van der Waals surface area contributed by atoms with Crippen molar-refractivity contribution in [2.45, 2.75) is 286 Å². The highest BCUT2D eigenvalue weighted by atomic mass is 31.3. The summed E-state index contributed by atoms with van der Waals surface area (Å²) in [7, 11) is -21.2. The quantitative estimate of drug-likeness (QED) is 0.0217. The van der Waals surface area contributed by atoms with E-state index in [1.165, 1.54) is 233 Å². The van der Waals surface area contributed by atoms with Gasteiger partial charge >= 0.3 is 43.4 Å². The van der Waals surface area contributed by atoms with E-state index in [1.807, 2.05) is 9.97 Å². The lowest BCUT2D eigenvalue weighted by molar-refractivity contribution is -0.0542. The summed E-state index contributed by atoms with van der Waals surface area (Å²) in [4.78, 5) is 99.8. The number of unbranched alkanes of at least 4 members (excludes halogenated alkanes) is 12. The molecule has 3 unspecified atom stereocenters. The van der Waals surface area contributed by atoms with Crippen molar-refractivity contribution in [2.75, 3.05) is 91.8 Å². The van der Waals surface area contributed by atoms with Gasteiger partial charge in [0.2, 0.25) is 0 Å². The van der Waals surface area contributed by atoms with Crippen molar-refractivity contribution in [1.29, 1.82) is 0 Å². The third-order valence-electron chi connectivity index (χ3n) is 16.2. The number of nitrogens with one attached hydrogen (secondary N) is 2. The molecule has 0 aromatic carbocycles. The maximum Gasteiger partial charge on any atom is 0.490 e. The molecule has 0 saturated carbocycles. The van der Waals surface area contributed by atoms with Crippen molar-refractivity contribution >= 4 is 40.5 Å². The standard InChI is InChI=1S/C18H26N4O22P4.4C12H27N.B/c23-9-1-3-21(17(29)19-9)15-13(27)11(25)7(40-15)5-38-45(31)42-47(34,35)44-48(36,37)43-46(32,33)39-6-8-12(26)14(28)16(41-8)22-4-2-10(24)20-18(22)30;4*1-4-7-10-13(11-8-5-2)12-9-6-3;/h1-4,7-8,11-16,25-28,31H,5-6H2,(H,32,33)(H,34,35)(H,36,37)(H,19,23,29)(H,20,24,30);4*4-12H2,1-3H3;/t7-,8-,11-,12-,13-,14-,15-,16-,45-;;;;;/m1...../s1. The van der Waals surface area contributed by atoms with Gasteiger partial charge in [0.15, 0.2) is 12.5 Å². The number of hydrogen-bond donors (Lipinski definition) is 10. The van der Waals surface area contributed by atoms with E-state index in [2.05, 4.69) is 120 Å². The topological polar surface area (TPSA) is 400 Å². The molecule has 12 atom stereocenters. The number of phosphoric acid groups is 3. The zero-order valence-corrected chi connectivity index (χ0v) is 66.7. The highest BCUT2D eigenvalue weighted by molar-refractivity contribution is 7.69. The Bertz CT molecular complexity index is 2570. The molecule has 4 rings (SSSR count). The predicted molar refractivity (Wildman–Crippen MR) is 399 cm³/mol. The third kappa shape index (κ3) is 45.9. The Kier molecular flexibility index (Phi) is 59.7. The first-order valence-electron chi connectivity index (χ1n) is 37.0. The van der Waals surface area contributed by atoms with Gasteiger partial charge in [-0.25, -0.2) is 27.6 Å². The molecule has 0 aliphatic carbocycles. The van der Waals surface area contributed by atoms with Crippen LogP contribution in [0, 0.1) is 0 Å². The first kappa shape index (κ1) is 101. The van der Waals surface area contributed by atoms with Gasteiger partial charge in [0, 0.05) is 32.9 Å². The number of aromatic amines is 2. The molecule has 0 spiro atoms. The van der Waals surface area contributed by atoms with Gasteiger partial charge in [-0.2, -0.15) is 8.62 Å². The predicted octanol–water partition coefficient (Wildman–Crippen LogP) is 10.3. The van der Waals surface area contributed by atoms with Crippen LogP contribution in [0.5, 0.6) is 0 Å². The van der Waals surface area contributed by atoms with E-state index in [4.69, 9.17) is 14.0 Å². The van der Waals surface area contributed by atoms with E-state index < -0.39 is 117 Å². The number of rotatable bonds is 50. The summed E-state index contributed by atoms with van der Waals surface area (Å²) in [5.41, 5.74) is -3.64. The van der Waals surface area contributed by atoms with Crippen LogP contribution in [0.4, 0.5) is 0 Å². The van der Waals surface area contributed by atoms with Gasteiger partial charge < -0.3 is 73.6 Å². The smallest absolute Gasteiger partial charge is 0.387 e. The second-order valence-electron chi connectivity index (χ2n) is 25.2. The Morgan fingerprint density at radius 3 is 0.911 bits per heavy atom. The van der Waals surface area contributed by atoms with E-state index in [9.17, 15) is 72.9 Å². The molecule has 2 aromatic rings. The number of aromatic nitrogens is 4. The fourth-order valence-corrected chi connectivity index (χ4v) is 14.7. The zero-order chi connectivity index (χ0) is 75.5. The van der Waals surface area contributed by atoms with Crippen molar-refractivity contribution < 1.29 is 85.1 Å². The second-order valence-corrected chi connectivity index (χ2v) is 31.0. The molecule has 0 bridgehead atoms. The number of phosphoric ester groups is 1. The number of aliphatic hydroxyl groups is 4. The average Bonchev–Trinajstić information content (AvgIpc) is 1.74. The minimum atomic E-state index is -6.08. The summed E-state index contributed by atoms with van der Waals surface area (Å²) < 4.78 is 69.3.